The molecule has 9 nitrogen and oxygen atoms in total. The zero-order valence-electron chi connectivity index (χ0n) is 36.9. The molecule has 0 saturated carbocycles. The highest BCUT2D eigenvalue weighted by molar-refractivity contribution is 7.47. The average molecular weight is 827 g/mol. The molecule has 0 aliphatic heterocycles. The molecule has 0 aromatic carbocycles. The van der Waals surface area contributed by atoms with Crippen molar-refractivity contribution in [2.75, 3.05) is 19.8 Å². The Morgan fingerprint density at radius 3 is 1.49 bits per heavy atom. The minimum atomic E-state index is -4.40. The third kappa shape index (κ3) is 41.2. The Bertz CT molecular complexity index is 1010. The molecule has 6 N–H and O–H groups in total. The summed E-state index contributed by atoms with van der Waals surface area (Å²) in [5.41, 5.74) is 5.37. The summed E-state index contributed by atoms with van der Waals surface area (Å²) in [7, 11) is -4.40. The molecule has 0 heterocycles. The number of rotatable bonds is 44. The molecule has 0 fully saturated rings. The highest BCUT2D eigenvalue weighted by Gasteiger charge is 2.27. The van der Waals surface area contributed by atoms with Gasteiger partial charge < -0.3 is 26.2 Å². The van der Waals surface area contributed by atoms with Gasteiger partial charge in [-0.2, -0.15) is 0 Å². The van der Waals surface area contributed by atoms with Crippen LogP contribution in [0.15, 0.2) is 36.5 Å². The molecule has 0 aliphatic rings. The number of aliphatic hydroxyl groups is 2. The van der Waals surface area contributed by atoms with Crippen LogP contribution in [0.5, 0.6) is 0 Å². The Morgan fingerprint density at radius 1 is 0.614 bits per heavy atom. The number of amides is 1. The van der Waals surface area contributed by atoms with Crippen LogP contribution in [0.1, 0.15) is 219 Å². The standard InChI is InChI=1S/C47H91N2O7P/c1-3-5-7-9-11-13-15-17-19-20-21-22-23-24-25-26-28-30-32-34-36-38-44(50)42-47(52)49-45(43-56-57(53,54)55-41-40-48)46(51)39-37-35-33-31-29-27-18-16-14-12-10-8-6-4-2/h21-22,24-25,37,39,44-46,50-51H,3-20,23,26-36,38,40-43,48H2,1-2H3,(H,49,52)(H,53,54)/b22-21-,25-24-,39-37+. The highest BCUT2D eigenvalue weighted by Crippen LogP contribution is 2.43. The largest absolute Gasteiger partial charge is 0.472 e. The minimum absolute atomic E-state index is 0.0470. The number of nitrogens with one attached hydrogen (secondary N) is 1. The monoisotopic (exact) mass is 827 g/mol. The summed E-state index contributed by atoms with van der Waals surface area (Å²) >= 11 is 0. The maximum Gasteiger partial charge on any atom is 0.472 e. The van der Waals surface area contributed by atoms with E-state index in [1.54, 1.807) is 6.08 Å². The first-order chi connectivity index (χ1) is 27.8. The van der Waals surface area contributed by atoms with Crippen molar-refractivity contribution in [3.8, 4) is 0 Å². The van der Waals surface area contributed by atoms with Crippen LogP contribution in [-0.4, -0.2) is 59.0 Å². The molecule has 336 valence electrons. The topological polar surface area (TPSA) is 151 Å². The zero-order chi connectivity index (χ0) is 41.9. The molecule has 57 heavy (non-hydrogen) atoms. The van der Waals surface area contributed by atoms with Crippen molar-refractivity contribution >= 4 is 13.7 Å². The number of hydrogen-bond donors (Lipinski definition) is 5. The normalized spacial score (nSPS) is 14.8. The lowest BCUT2D eigenvalue weighted by Crippen LogP contribution is -2.46. The third-order valence-corrected chi connectivity index (χ3v) is 11.5. The Morgan fingerprint density at radius 2 is 1.04 bits per heavy atom. The van der Waals surface area contributed by atoms with Gasteiger partial charge in [0.2, 0.25) is 5.91 Å². The van der Waals surface area contributed by atoms with Crippen LogP contribution in [0.25, 0.3) is 0 Å². The highest BCUT2D eigenvalue weighted by atomic mass is 31.2. The van der Waals surface area contributed by atoms with Crippen molar-refractivity contribution in [1.29, 1.82) is 0 Å². The van der Waals surface area contributed by atoms with Gasteiger partial charge in [0.1, 0.15) is 0 Å². The smallest absolute Gasteiger partial charge is 0.393 e. The molecule has 0 aliphatic carbocycles. The molecule has 10 heteroatoms. The van der Waals surface area contributed by atoms with Gasteiger partial charge in [0.15, 0.2) is 0 Å². The van der Waals surface area contributed by atoms with Crippen molar-refractivity contribution in [2.45, 2.75) is 238 Å². The molecular formula is C47H91N2O7P. The van der Waals surface area contributed by atoms with Gasteiger partial charge >= 0.3 is 7.82 Å². The third-order valence-electron chi connectivity index (χ3n) is 10.5. The molecule has 0 aromatic rings. The first-order valence-corrected chi connectivity index (χ1v) is 25.2. The second-order valence-corrected chi connectivity index (χ2v) is 17.6. The van der Waals surface area contributed by atoms with Crippen molar-refractivity contribution < 1.29 is 33.5 Å². The predicted octanol–water partition coefficient (Wildman–Crippen LogP) is 12.5. The van der Waals surface area contributed by atoms with Gasteiger partial charge in [-0.3, -0.25) is 13.8 Å². The minimum Gasteiger partial charge on any atom is -0.393 e. The van der Waals surface area contributed by atoms with Gasteiger partial charge in [0.25, 0.3) is 0 Å². The second-order valence-electron chi connectivity index (χ2n) is 16.2. The van der Waals surface area contributed by atoms with Crippen LogP contribution >= 0.6 is 7.82 Å². The molecular weight excluding hydrogens is 735 g/mol. The van der Waals surface area contributed by atoms with Gasteiger partial charge in [-0.15, -0.1) is 0 Å². The van der Waals surface area contributed by atoms with E-state index in [0.717, 1.165) is 64.2 Å². The summed E-state index contributed by atoms with van der Waals surface area (Å²) < 4.78 is 22.1. The molecule has 0 saturated heterocycles. The van der Waals surface area contributed by atoms with Crippen molar-refractivity contribution in [3.05, 3.63) is 36.5 Å². The molecule has 0 spiro atoms. The molecule has 4 atom stereocenters. The Kier molecular flexibility index (Phi) is 41.8. The number of phosphoric ester groups is 1. The quantitative estimate of drug-likeness (QED) is 0.0231. The van der Waals surface area contributed by atoms with Crippen LogP contribution in [0.4, 0.5) is 0 Å². The fraction of sp³-hybridized carbons (Fsp3) is 0.851. The van der Waals surface area contributed by atoms with Gasteiger partial charge in [-0.25, -0.2) is 4.57 Å². The van der Waals surface area contributed by atoms with E-state index in [-0.39, 0.29) is 19.6 Å². The SMILES string of the molecule is CCCCCCCCCCC/C=C\C/C=C\CCCCCCCC(O)CC(=O)NC(COP(=O)(O)OCCN)C(O)/C=C/CCCCCCCCCCCCCC. The fourth-order valence-corrected chi connectivity index (χ4v) is 7.67. The van der Waals surface area contributed by atoms with Crippen LogP contribution in [0.3, 0.4) is 0 Å². The summed E-state index contributed by atoms with van der Waals surface area (Å²) in [5.74, 6) is -0.453. The molecule has 0 bridgehead atoms. The van der Waals surface area contributed by atoms with Gasteiger partial charge in [0, 0.05) is 6.54 Å². The maximum atomic E-state index is 12.8. The summed E-state index contributed by atoms with van der Waals surface area (Å²) in [6, 6.07) is -0.987. The Balaban J connectivity index is 4.25. The second kappa shape index (κ2) is 42.8. The molecule has 4 unspecified atom stereocenters. The van der Waals surface area contributed by atoms with E-state index in [9.17, 15) is 24.5 Å². The number of allylic oxidation sites excluding steroid dienone is 5. The van der Waals surface area contributed by atoms with E-state index >= 15 is 0 Å². The van der Waals surface area contributed by atoms with Crippen LogP contribution < -0.4 is 11.1 Å². The van der Waals surface area contributed by atoms with Crippen LogP contribution in [0.2, 0.25) is 0 Å². The number of hydrogen-bond acceptors (Lipinski definition) is 7. The van der Waals surface area contributed by atoms with E-state index in [2.05, 4.69) is 43.5 Å². The summed E-state index contributed by atoms with van der Waals surface area (Å²) in [6.45, 7) is 3.97. The average Bonchev–Trinajstić information content (AvgIpc) is 3.19. The van der Waals surface area contributed by atoms with E-state index < -0.39 is 38.6 Å². The van der Waals surface area contributed by atoms with Gasteiger partial charge in [0.05, 0.1) is 37.9 Å². The number of carbonyl (C=O) groups excluding carboxylic acids is 1. The summed E-state index contributed by atoms with van der Waals surface area (Å²) in [4.78, 5) is 22.8. The zero-order valence-corrected chi connectivity index (χ0v) is 37.8. The first kappa shape index (κ1) is 55.7. The lowest BCUT2D eigenvalue weighted by Gasteiger charge is -2.24. The van der Waals surface area contributed by atoms with Crippen molar-refractivity contribution in [3.63, 3.8) is 0 Å². The predicted molar refractivity (Wildman–Crippen MR) is 241 cm³/mol. The number of nitrogens with two attached hydrogens (primary N) is 1. The van der Waals surface area contributed by atoms with E-state index in [1.807, 2.05) is 6.08 Å². The van der Waals surface area contributed by atoms with Crippen molar-refractivity contribution in [2.24, 2.45) is 5.73 Å². The summed E-state index contributed by atoms with van der Waals surface area (Å²) in [6.07, 6.45) is 48.0. The van der Waals surface area contributed by atoms with E-state index in [0.29, 0.717) is 6.42 Å². The Hall–Kier alpha value is -1.32. The van der Waals surface area contributed by atoms with Gasteiger partial charge in [-0.1, -0.05) is 198 Å². The van der Waals surface area contributed by atoms with Gasteiger partial charge in [-0.05, 0) is 51.4 Å². The first-order valence-electron chi connectivity index (χ1n) is 23.7. The summed E-state index contributed by atoms with van der Waals surface area (Å²) in [5, 5.41) is 24.1. The lowest BCUT2D eigenvalue weighted by molar-refractivity contribution is -0.124. The maximum absolute atomic E-state index is 12.8. The van der Waals surface area contributed by atoms with Crippen molar-refractivity contribution in [1.82, 2.24) is 5.32 Å². The molecule has 0 radical (unpaired) electrons. The van der Waals surface area contributed by atoms with E-state index in [1.165, 1.54) is 128 Å². The molecule has 0 rings (SSSR count). The molecule has 0 aromatic heterocycles. The number of aliphatic hydroxyl groups excluding tert-OH is 2. The fourth-order valence-electron chi connectivity index (χ4n) is 6.91. The molecule has 1 amide bonds. The number of phosphoric acid groups is 1. The number of carbonyl (C=O) groups is 1. The van der Waals surface area contributed by atoms with Crippen LogP contribution in [-0.2, 0) is 18.4 Å². The van der Waals surface area contributed by atoms with E-state index in [4.69, 9.17) is 14.8 Å². The Labute approximate surface area is 351 Å². The number of unbranched alkanes of at least 4 members (excludes halogenated alkanes) is 26. The van der Waals surface area contributed by atoms with Crippen LogP contribution in [0, 0.1) is 0 Å². The lowest BCUT2D eigenvalue weighted by atomic mass is 10.0.